The van der Waals surface area contributed by atoms with Crippen molar-refractivity contribution in [2.24, 2.45) is 12.0 Å². The third-order valence-electron chi connectivity index (χ3n) is 3.04. The average Bonchev–Trinajstić information content (AvgIpc) is 2.88. The van der Waals surface area contributed by atoms with Crippen LogP contribution in [0.25, 0.3) is 0 Å². The van der Waals surface area contributed by atoms with Gasteiger partial charge in [-0.3, -0.25) is 9.67 Å². The van der Waals surface area contributed by atoms with Crippen LogP contribution in [0.2, 0.25) is 5.02 Å². The lowest BCUT2D eigenvalue weighted by Gasteiger charge is -2.11. The van der Waals surface area contributed by atoms with Crippen molar-refractivity contribution >= 4 is 41.5 Å². The van der Waals surface area contributed by atoms with Crippen molar-refractivity contribution < 1.29 is 0 Å². The predicted octanol–water partition coefficient (Wildman–Crippen LogP) is 2.60. The van der Waals surface area contributed by atoms with Crippen molar-refractivity contribution in [1.29, 1.82) is 0 Å². The van der Waals surface area contributed by atoms with E-state index < -0.39 is 0 Å². The molecule has 1 aromatic carbocycles. The summed E-state index contributed by atoms with van der Waals surface area (Å²) in [6, 6.07) is 7.78. The van der Waals surface area contributed by atoms with Gasteiger partial charge in [-0.1, -0.05) is 23.7 Å². The number of guanidine groups is 1. The quantitative estimate of drug-likeness (QED) is 0.433. The fourth-order valence-corrected chi connectivity index (χ4v) is 2.19. The maximum absolute atomic E-state index is 5.97. The molecule has 0 atom stereocenters. The molecule has 0 fully saturated rings. The van der Waals surface area contributed by atoms with Gasteiger partial charge in [0.1, 0.15) is 0 Å². The molecule has 0 unspecified atom stereocenters. The molecule has 0 spiro atoms. The van der Waals surface area contributed by atoms with Crippen LogP contribution in [-0.4, -0.2) is 29.3 Å². The Bertz CT molecular complexity index is 611. The number of aromatic nitrogens is 2. The van der Waals surface area contributed by atoms with Crippen LogP contribution in [-0.2, 0) is 20.0 Å². The molecule has 2 N–H and O–H groups in total. The number of benzene rings is 1. The summed E-state index contributed by atoms with van der Waals surface area (Å²) in [5.41, 5.74) is 2.33. The summed E-state index contributed by atoms with van der Waals surface area (Å²) in [6.45, 7) is 1.49. The van der Waals surface area contributed by atoms with E-state index in [0.717, 1.165) is 29.5 Å². The molecule has 0 bridgehead atoms. The van der Waals surface area contributed by atoms with E-state index in [4.69, 9.17) is 11.6 Å². The summed E-state index contributed by atoms with van der Waals surface area (Å²) in [5, 5.41) is 11.4. The largest absolute Gasteiger partial charge is 0.356 e. The molecule has 0 saturated heterocycles. The topological polar surface area (TPSA) is 54.2 Å². The minimum atomic E-state index is 0. The number of hydrogen-bond acceptors (Lipinski definition) is 2. The second-order valence-corrected chi connectivity index (χ2v) is 5.19. The summed E-state index contributed by atoms with van der Waals surface area (Å²) in [6.07, 6.45) is 4.80. The average molecular weight is 434 g/mol. The lowest BCUT2D eigenvalue weighted by Crippen LogP contribution is -2.37. The maximum atomic E-state index is 5.97. The van der Waals surface area contributed by atoms with Crippen molar-refractivity contribution in [2.45, 2.75) is 13.0 Å². The van der Waals surface area contributed by atoms with E-state index in [1.54, 1.807) is 7.05 Å². The Hall–Kier alpha value is -1.28. The van der Waals surface area contributed by atoms with Crippen LogP contribution < -0.4 is 10.6 Å². The molecule has 22 heavy (non-hydrogen) atoms. The summed E-state index contributed by atoms with van der Waals surface area (Å²) in [5.74, 6) is 0.777. The minimum absolute atomic E-state index is 0. The molecule has 7 heteroatoms. The number of aliphatic imine (C=N–C) groups is 1. The van der Waals surface area contributed by atoms with Crippen LogP contribution in [0.5, 0.6) is 0 Å². The zero-order valence-electron chi connectivity index (χ0n) is 12.7. The van der Waals surface area contributed by atoms with Crippen molar-refractivity contribution in [1.82, 2.24) is 20.4 Å². The lowest BCUT2D eigenvalue weighted by molar-refractivity contribution is 0.764. The van der Waals surface area contributed by atoms with Gasteiger partial charge in [0, 0.05) is 38.4 Å². The van der Waals surface area contributed by atoms with Crippen molar-refractivity contribution in [2.75, 3.05) is 13.6 Å². The number of halogens is 2. The SMILES string of the molecule is CN=C(NCCc1cnn(C)c1)NCc1cccc(Cl)c1.I. The first-order valence-electron chi connectivity index (χ1n) is 6.84. The molecule has 2 aromatic rings. The van der Waals surface area contributed by atoms with Gasteiger partial charge in [0.05, 0.1) is 6.20 Å². The van der Waals surface area contributed by atoms with E-state index >= 15 is 0 Å². The third kappa shape index (κ3) is 6.23. The molecular weight excluding hydrogens is 413 g/mol. The molecule has 0 aliphatic heterocycles. The highest BCUT2D eigenvalue weighted by molar-refractivity contribution is 14.0. The first kappa shape index (κ1) is 18.8. The van der Waals surface area contributed by atoms with Gasteiger partial charge in [-0.15, -0.1) is 24.0 Å². The Kier molecular flexibility index (Phi) is 8.26. The second kappa shape index (κ2) is 9.68. The van der Waals surface area contributed by atoms with E-state index in [-0.39, 0.29) is 24.0 Å². The molecular formula is C15H21ClIN5. The van der Waals surface area contributed by atoms with Gasteiger partial charge >= 0.3 is 0 Å². The molecule has 1 aromatic heterocycles. The molecule has 5 nitrogen and oxygen atoms in total. The van der Waals surface area contributed by atoms with Crippen LogP contribution in [0.15, 0.2) is 41.7 Å². The standard InChI is InChI=1S/C15H20ClN5.HI/c1-17-15(18-7-6-13-10-20-21(2)11-13)19-9-12-4-3-5-14(16)8-12;/h3-5,8,10-11H,6-7,9H2,1-2H3,(H2,17,18,19);1H. The molecule has 2 rings (SSSR count). The molecule has 0 radical (unpaired) electrons. The highest BCUT2D eigenvalue weighted by Crippen LogP contribution is 2.10. The molecule has 120 valence electrons. The van der Waals surface area contributed by atoms with E-state index in [9.17, 15) is 0 Å². The number of rotatable bonds is 5. The van der Waals surface area contributed by atoms with E-state index in [0.29, 0.717) is 6.54 Å². The number of nitrogens with one attached hydrogen (secondary N) is 2. The Morgan fingerprint density at radius 2 is 2.14 bits per heavy atom. The van der Waals surface area contributed by atoms with Crippen LogP contribution in [0.1, 0.15) is 11.1 Å². The molecule has 1 heterocycles. The Morgan fingerprint density at radius 1 is 1.32 bits per heavy atom. The van der Waals surface area contributed by atoms with E-state index in [1.165, 1.54) is 5.56 Å². The summed E-state index contributed by atoms with van der Waals surface area (Å²) < 4.78 is 1.81. The number of nitrogens with zero attached hydrogens (tertiary/aromatic N) is 3. The highest BCUT2D eigenvalue weighted by atomic mass is 127. The van der Waals surface area contributed by atoms with Crippen LogP contribution in [0, 0.1) is 0 Å². The predicted molar refractivity (Wildman–Crippen MR) is 102 cm³/mol. The van der Waals surface area contributed by atoms with Crippen molar-refractivity contribution in [3.63, 3.8) is 0 Å². The van der Waals surface area contributed by atoms with Gasteiger partial charge in [0.2, 0.25) is 0 Å². The Labute approximate surface area is 153 Å². The molecule has 0 aliphatic rings. The first-order chi connectivity index (χ1) is 10.2. The minimum Gasteiger partial charge on any atom is -0.356 e. The molecule has 0 aliphatic carbocycles. The summed E-state index contributed by atoms with van der Waals surface area (Å²) in [7, 11) is 3.68. The fourth-order valence-electron chi connectivity index (χ4n) is 1.98. The van der Waals surface area contributed by atoms with Gasteiger partial charge in [-0.25, -0.2) is 0 Å². The zero-order valence-corrected chi connectivity index (χ0v) is 15.8. The van der Waals surface area contributed by atoms with Gasteiger partial charge in [-0.2, -0.15) is 5.10 Å². The van der Waals surface area contributed by atoms with Gasteiger partial charge in [-0.05, 0) is 29.7 Å². The Balaban J connectivity index is 0.00000242. The lowest BCUT2D eigenvalue weighted by atomic mass is 10.2. The fraction of sp³-hybridized carbons (Fsp3) is 0.333. The highest BCUT2D eigenvalue weighted by Gasteiger charge is 2.00. The molecule has 0 amide bonds. The Morgan fingerprint density at radius 3 is 2.77 bits per heavy atom. The summed E-state index contributed by atoms with van der Waals surface area (Å²) in [4.78, 5) is 4.20. The van der Waals surface area contributed by atoms with Crippen molar-refractivity contribution in [3.05, 3.63) is 52.8 Å². The van der Waals surface area contributed by atoms with Crippen molar-refractivity contribution in [3.8, 4) is 0 Å². The smallest absolute Gasteiger partial charge is 0.191 e. The van der Waals surface area contributed by atoms with Gasteiger partial charge < -0.3 is 10.6 Å². The summed E-state index contributed by atoms with van der Waals surface area (Å²) >= 11 is 5.97. The second-order valence-electron chi connectivity index (χ2n) is 4.75. The maximum Gasteiger partial charge on any atom is 0.191 e. The first-order valence-corrected chi connectivity index (χ1v) is 7.21. The number of aryl methyl sites for hydroxylation is 1. The number of hydrogen-bond donors (Lipinski definition) is 2. The van der Waals surface area contributed by atoms with Crippen LogP contribution >= 0.6 is 35.6 Å². The molecule has 0 saturated carbocycles. The normalized spacial score (nSPS) is 11.0. The van der Waals surface area contributed by atoms with E-state index in [2.05, 4.69) is 20.7 Å². The zero-order chi connectivity index (χ0) is 15.1. The van der Waals surface area contributed by atoms with Crippen LogP contribution in [0.3, 0.4) is 0 Å². The van der Waals surface area contributed by atoms with Crippen LogP contribution in [0.4, 0.5) is 0 Å². The monoisotopic (exact) mass is 433 g/mol. The van der Waals surface area contributed by atoms with Gasteiger partial charge in [0.15, 0.2) is 5.96 Å². The third-order valence-corrected chi connectivity index (χ3v) is 3.27. The van der Waals surface area contributed by atoms with E-state index in [1.807, 2.05) is 48.4 Å². The van der Waals surface area contributed by atoms with Gasteiger partial charge in [0.25, 0.3) is 0 Å².